The molecule has 0 bridgehead atoms. The molecule has 1 aromatic rings. The van der Waals surface area contributed by atoms with E-state index in [2.05, 4.69) is 0 Å². The molecule has 3 heteroatoms. The Hall–Kier alpha value is -0.703. The van der Waals surface area contributed by atoms with Crippen molar-refractivity contribution in [2.75, 3.05) is 0 Å². The summed E-state index contributed by atoms with van der Waals surface area (Å²) >= 11 is 0. The molecule has 72 valence electrons. The second kappa shape index (κ2) is 4.51. The third-order valence-electron chi connectivity index (χ3n) is 2.04. The highest BCUT2D eigenvalue weighted by Gasteiger charge is 2.36. The average Bonchev–Trinajstić information content (AvgIpc) is 2.16. The number of benzene rings is 1. The monoisotopic (exact) mass is 200 g/mol. The summed E-state index contributed by atoms with van der Waals surface area (Å²) in [7, 11) is -4.10. The Kier molecular flexibility index (Phi) is 3.60. The lowest BCUT2D eigenvalue weighted by atomic mass is 10.4. The molecule has 0 heterocycles. The third-order valence-corrected chi connectivity index (χ3v) is 4.20. The van der Waals surface area contributed by atoms with Crippen molar-refractivity contribution in [1.82, 2.24) is 0 Å². The van der Waals surface area contributed by atoms with Crippen LogP contribution in [-0.4, -0.2) is 8.74 Å². The minimum Gasteiger partial charge on any atom is -0.265 e. The zero-order valence-corrected chi connectivity index (χ0v) is 8.76. The summed E-state index contributed by atoms with van der Waals surface area (Å²) in [6.07, 6.45) is 1.48. The van der Waals surface area contributed by atoms with E-state index in [0.717, 1.165) is 6.42 Å². The molecule has 13 heavy (non-hydrogen) atoms. The quantitative estimate of drug-likeness (QED) is 0.517. The summed E-state index contributed by atoms with van der Waals surface area (Å²) in [4.78, 5) is 0. The van der Waals surface area contributed by atoms with Crippen molar-refractivity contribution >= 4 is 13.9 Å². The number of halogens is 2. The summed E-state index contributed by atoms with van der Waals surface area (Å²) in [6, 6.07) is 8.31. The molecule has 0 aliphatic heterocycles. The first kappa shape index (κ1) is 10.4. The molecule has 0 N–H and O–H groups in total. The molecule has 1 rings (SSSR count). The van der Waals surface area contributed by atoms with Crippen molar-refractivity contribution < 1.29 is 8.22 Å². The smallest absolute Gasteiger partial charge is 0.265 e. The van der Waals surface area contributed by atoms with E-state index in [-0.39, 0.29) is 11.2 Å². The summed E-state index contributed by atoms with van der Waals surface area (Å²) < 4.78 is 27.0. The summed E-state index contributed by atoms with van der Waals surface area (Å²) in [6.45, 7) is 1.94. The Labute approximate surface area is 79.0 Å². The van der Waals surface area contributed by atoms with Crippen LogP contribution in [0.25, 0.3) is 0 Å². The summed E-state index contributed by atoms with van der Waals surface area (Å²) in [5.41, 5.74) is 0. The minimum atomic E-state index is -4.10. The van der Waals surface area contributed by atoms with Crippen molar-refractivity contribution in [2.45, 2.75) is 25.8 Å². The SMILES string of the molecule is CCCC[Si](F)(F)c1ccccc1. The minimum absolute atomic E-state index is 0.0908. The maximum Gasteiger partial charge on any atom is 0.455 e. The predicted octanol–water partition coefficient (Wildman–Crippen LogP) is 3.07. The first-order valence-corrected chi connectivity index (χ1v) is 6.56. The Balaban J connectivity index is 2.69. The van der Waals surface area contributed by atoms with Gasteiger partial charge in [0.25, 0.3) is 0 Å². The van der Waals surface area contributed by atoms with E-state index in [4.69, 9.17) is 0 Å². The Morgan fingerprint density at radius 3 is 2.31 bits per heavy atom. The zero-order chi connectivity index (χ0) is 9.73. The number of hydrogen-bond acceptors (Lipinski definition) is 0. The molecule has 0 aromatic heterocycles. The maximum atomic E-state index is 13.5. The number of hydrogen-bond donors (Lipinski definition) is 0. The fourth-order valence-electron chi connectivity index (χ4n) is 1.23. The van der Waals surface area contributed by atoms with E-state index >= 15 is 0 Å². The van der Waals surface area contributed by atoms with Crippen molar-refractivity contribution in [3.05, 3.63) is 30.3 Å². The van der Waals surface area contributed by atoms with Crippen molar-refractivity contribution in [3.63, 3.8) is 0 Å². The topological polar surface area (TPSA) is 0 Å². The van der Waals surface area contributed by atoms with Gasteiger partial charge in [0.2, 0.25) is 0 Å². The average molecular weight is 200 g/mol. The van der Waals surface area contributed by atoms with Crippen LogP contribution in [0.5, 0.6) is 0 Å². The molecular weight excluding hydrogens is 186 g/mol. The molecule has 0 saturated heterocycles. The van der Waals surface area contributed by atoms with E-state index in [0.29, 0.717) is 6.42 Å². The predicted molar refractivity (Wildman–Crippen MR) is 53.8 cm³/mol. The molecule has 0 spiro atoms. The van der Waals surface area contributed by atoms with E-state index < -0.39 is 8.74 Å². The molecule has 0 amide bonds. The van der Waals surface area contributed by atoms with Crippen LogP contribution in [0.15, 0.2) is 30.3 Å². The Bertz CT molecular complexity index is 246. The van der Waals surface area contributed by atoms with Crippen LogP contribution >= 0.6 is 0 Å². The van der Waals surface area contributed by atoms with Gasteiger partial charge < -0.3 is 0 Å². The van der Waals surface area contributed by atoms with Gasteiger partial charge >= 0.3 is 8.74 Å². The largest absolute Gasteiger partial charge is 0.455 e. The van der Waals surface area contributed by atoms with Gasteiger partial charge in [-0.05, 0) is 0 Å². The van der Waals surface area contributed by atoms with E-state index in [9.17, 15) is 8.22 Å². The van der Waals surface area contributed by atoms with Crippen LogP contribution in [0.3, 0.4) is 0 Å². The van der Waals surface area contributed by atoms with Gasteiger partial charge in [-0.1, -0.05) is 50.1 Å². The van der Waals surface area contributed by atoms with Gasteiger partial charge in [-0.25, -0.2) is 0 Å². The van der Waals surface area contributed by atoms with Gasteiger partial charge in [0.15, 0.2) is 0 Å². The molecule has 0 radical (unpaired) electrons. The molecule has 1 aromatic carbocycles. The first-order valence-electron chi connectivity index (χ1n) is 4.60. The lowest BCUT2D eigenvalue weighted by Crippen LogP contribution is -2.38. The van der Waals surface area contributed by atoms with E-state index in [1.54, 1.807) is 30.3 Å². The van der Waals surface area contributed by atoms with Crippen LogP contribution < -0.4 is 5.19 Å². The van der Waals surface area contributed by atoms with Crippen molar-refractivity contribution in [1.29, 1.82) is 0 Å². The van der Waals surface area contributed by atoms with Gasteiger partial charge in [0.1, 0.15) is 0 Å². The number of rotatable bonds is 4. The summed E-state index contributed by atoms with van der Waals surface area (Å²) in [5.74, 6) is 0. The molecule has 0 nitrogen and oxygen atoms in total. The highest BCUT2D eigenvalue weighted by atomic mass is 28.4. The van der Waals surface area contributed by atoms with Crippen LogP contribution in [-0.2, 0) is 0 Å². The molecule has 0 aliphatic carbocycles. The van der Waals surface area contributed by atoms with Crippen LogP contribution in [0.2, 0.25) is 6.04 Å². The standard InChI is InChI=1S/C10H14F2Si/c1-2-3-9-13(11,12)10-7-5-4-6-8-10/h4-8H,2-3,9H2,1H3. The van der Waals surface area contributed by atoms with Crippen LogP contribution in [0.1, 0.15) is 19.8 Å². The van der Waals surface area contributed by atoms with Crippen LogP contribution in [0.4, 0.5) is 8.22 Å². The van der Waals surface area contributed by atoms with Gasteiger partial charge in [-0.15, -0.1) is 0 Å². The molecule has 0 saturated carbocycles. The highest BCUT2D eigenvalue weighted by molar-refractivity contribution is 6.79. The van der Waals surface area contributed by atoms with Gasteiger partial charge in [-0.2, -0.15) is 0 Å². The van der Waals surface area contributed by atoms with E-state index in [1.807, 2.05) is 6.92 Å². The molecule has 0 fully saturated rings. The van der Waals surface area contributed by atoms with E-state index in [1.165, 1.54) is 0 Å². The lowest BCUT2D eigenvalue weighted by Gasteiger charge is -2.11. The highest BCUT2D eigenvalue weighted by Crippen LogP contribution is 2.16. The second-order valence-corrected chi connectivity index (χ2v) is 5.66. The Morgan fingerprint density at radius 2 is 1.77 bits per heavy atom. The van der Waals surface area contributed by atoms with Gasteiger partial charge in [0, 0.05) is 11.2 Å². The van der Waals surface area contributed by atoms with Gasteiger partial charge in [-0.3, -0.25) is 8.22 Å². The fourth-order valence-corrected chi connectivity index (χ4v) is 2.99. The first-order chi connectivity index (χ1) is 6.17. The maximum absolute atomic E-state index is 13.5. The number of unbranched alkanes of at least 4 members (excludes halogenated alkanes) is 1. The third kappa shape index (κ3) is 2.92. The molecule has 0 aliphatic rings. The summed E-state index contributed by atoms with van der Waals surface area (Å²) in [5, 5.41) is 0.267. The zero-order valence-electron chi connectivity index (χ0n) is 7.76. The molecule has 0 atom stereocenters. The second-order valence-electron chi connectivity index (χ2n) is 3.17. The normalized spacial score (nSPS) is 11.6. The molecule has 0 unspecified atom stereocenters. The lowest BCUT2D eigenvalue weighted by molar-refractivity contribution is 0.608. The molecular formula is C10H14F2Si. The van der Waals surface area contributed by atoms with Crippen molar-refractivity contribution in [3.8, 4) is 0 Å². The Morgan fingerprint density at radius 1 is 1.15 bits per heavy atom. The van der Waals surface area contributed by atoms with Gasteiger partial charge in [0.05, 0.1) is 0 Å². The van der Waals surface area contributed by atoms with Crippen molar-refractivity contribution in [2.24, 2.45) is 0 Å². The fraction of sp³-hybridized carbons (Fsp3) is 0.400. The van der Waals surface area contributed by atoms with Crippen LogP contribution in [0, 0.1) is 0 Å².